The highest BCUT2D eigenvalue weighted by Gasteiger charge is 2.15. The summed E-state index contributed by atoms with van der Waals surface area (Å²) in [6.07, 6.45) is 0.716. The summed E-state index contributed by atoms with van der Waals surface area (Å²) in [5, 5.41) is 0. The van der Waals surface area contributed by atoms with Crippen LogP contribution in [0.15, 0.2) is 42.5 Å². The van der Waals surface area contributed by atoms with Gasteiger partial charge in [-0.2, -0.15) is 0 Å². The van der Waals surface area contributed by atoms with Crippen molar-refractivity contribution in [3.05, 3.63) is 53.9 Å². The summed E-state index contributed by atoms with van der Waals surface area (Å²) in [7, 11) is 1.68. The molecule has 0 atom stereocenters. The Morgan fingerprint density at radius 3 is 2.76 bits per heavy atom. The number of ether oxygens (including phenoxy) is 1. The molecule has 0 N–H and O–H groups in total. The number of aryl methyl sites for hydroxylation is 2. The Kier molecular flexibility index (Phi) is 3.84. The molecule has 0 saturated heterocycles. The molecule has 0 fully saturated rings. The van der Waals surface area contributed by atoms with Gasteiger partial charge in [0.15, 0.2) is 0 Å². The standard InChI is InChI=1S/C17H17ClN2O/c1-12-7-8-14-13(11-12)19-17(9-10-18)20(14)15-5-3-4-6-16(15)21-2/h3-8,11H,9-10H2,1-2H3. The number of aromatic nitrogens is 2. The maximum atomic E-state index is 5.94. The van der Waals surface area contributed by atoms with E-state index in [-0.39, 0.29) is 0 Å². The lowest BCUT2D eigenvalue weighted by atomic mass is 10.2. The van der Waals surface area contributed by atoms with Gasteiger partial charge in [-0.15, -0.1) is 11.6 Å². The third-order valence-corrected chi connectivity index (χ3v) is 3.71. The van der Waals surface area contributed by atoms with Crippen LogP contribution in [-0.2, 0) is 6.42 Å². The number of nitrogens with zero attached hydrogens (tertiary/aromatic N) is 2. The van der Waals surface area contributed by atoms with Crippen LogP contribution in [0, 0.1) is 6.92 Å². The van der Waals surface area contributed by atoms with Gasteiger partial charge in [0.2, 0.25) is 0 Å². The Labute approximate surface area is 129 Å². The van der Waals surface area contributed by atoms with Gasteiger partial charge in [0.1, 0.15) is 11.6 Å². The first-order chi connectivity index (χ1) is 10.2. The number of para-hydroxylation sites is 2. The van der Waals surface area contributed by atoms with E-state index in [0.717, 1.165) is 28.3 Å². The van der Waals surface area contributed by atoms with Crippen LogP contribution in [-0.4, -0.2) is 22.5 Å². The third-order valence-electron chi connectivity index (χ3n) is 3.52. The molecular weight excluding hydrogens is 284 g/mol. The second-order valence-corrected chi connectivity index (χ2v) is 5.34. The first-order valence-corrected chi connectivity index (χ1v) is 7.45. The summed E-state index contributed by atoms with van der Waals surface area (Å²) in [5.74, 6) is 2.32. The average Bonchev–Trinajstić information content (AvgIpc) is 2.84. The average molecular weight is 301 g/mol. The Balaban J connectivity index is 2.31. The van der Waals surface area contributed by atoms with Gasteiger partial charge in [0.25, 0.3) is 0 Å². The van der Waals surface area contributed by atoms with Gasteiger partial charge in [0, 0.05) is 12.3 Å². The van der Waals surface area contributed by atoms with Crippen molar-refractivity contribution in [2.24, 2.45) is 0 Å². The van der Waals surface area contributed by atoms with Crippen LogP contribution in [0.1, 0.15) is 11.4 Å². The van der Waals surface area contributed by atoms with Gasteiger partial charge in [-0.05, 0) is 36.8 Å². The molecule has 0 bridgehead atoms. The Morgan fingerprint density at radius 2 is 2.00 bits per heavy atom. The van der Waals surface area contributed by atoms with E-state index in [1.807, 2.05) is 24.3 Å². The first-order valence-electron chi connectivity index (χ1n) is 6.92. The summed E-state index contributed by atoms with van der Waals surface area (Å²) in [6, 6.07) is 14.3. The van der Waals surface area contributed by atoms with Gasteiger partial charge in [-0.1, -0.05) is 18.2 Å². The number of rotatable bonds is 4. The number of halogens is 1. The van der Waals surface area contributed by atoms with Crippen LogP contribution < -0.4 is 4.74 Å². The number of methoxy groups -OCH3 is 1. The predicted molar refractivity (Wildman–Crippen MR) is 86.8 cm³/mol. The van der Waals surface area contributed by atoms with Gasteiger partial charge < -0.3 is 4.74 Å². The predicted octanol–water partition coefficient (Wildman–Crippen LogP) is 4.12. The molecule has 108 valence electrons. The minimum atomic E-state index is 0.539. The van der Waals surface area contributed by atoms with Gasteiger partial charge in [-0.3, -0.25) is 4.57 Å². The monoisotopic (exact) mass is 300 g/mol. The van der Waals surface area contributed by atoms with Crippen molar-refractivity contribution in [2.75, 3.05) is 13.0 Å². The fraction of sp³-hybridized carbons (Fsp3) is 0.235. The van der Waals surface area contributed by atoms with E-state index in [1.165, 1.54) is 5.56 Å². The molecule has 0 aliphatic rings. The molecule has 1 aromatic heterocycles. The summed E-state index contributed by atoms with van der Waals surface area (Å²) in [5.41, 5.74) is 4.25. The van der Waals surface area contributed by atoms with E-state index in [1.54, 1.807) is 7.11 Å². The Morgan fingerprint density at radius 1 is 1.19 bits per heavy atom. The van der Waals surface area contributed by atoms with E-state index in [2.05, 4.69) is 29.7 Å². The number of imidazole rings is 1. The number of fused-ring (bicyclic) bond motifs is 1. The topological polar surface area (TPSA) is 27.1 Å². The molecule has 4 heteroatoms. The lowest BCUT2D eigenvalue weighted by molar-refractivity contribution is 0.413. The molecule has 0 spiro atoms. The summed E-state index contributed by atoms with van der Waals surface area (Å²) in [6.45, 7) is 2.07. The van der Waals surface area contributed by atoms with Crippen LogP contribution in [0.4, 0.5) is 0 Å². The first kappa shape index (κ1) is 14.0. The molecule has 1 heterocycles. The highest BCUT2D eigenvalue weighted by Crippen LogP contribution is 2.29. The van der Waals surface area contributed by atoms with Crippen molar-refractivity contribution in [3.8, 4) is 11.4 Å². The number of hydrogen-bond acceptors (Lipinski definition) is 2. The van der Waals surface area contributed by atoms with E-state index in [4.69, 9.17) is 21.3 Å². The fourth-order valence-corrected chi connectivity index (χ4v) is 2.74. The molecule has 3 aromatic rings. The Hall–Kier alpha value is -2.00. The van der Waals surface area contributed by atoms with E-state index in [0.29, 0.717) is 12.3 Å². The zero-order valence-corrected chi connectivity index (χ0v) is 12.9. The van der Waals surface area contributed by atoms with Crippen molar-refractivity contribution in [1.82, 2.24) is 9.55 Å². The second kappa shape index (κ2) is 5.78. The van der Waals surface area contributed by atoms with Crippen LogP contribution in [0.3, 0.4) is 0 Å². The molecule has 0 unspecified atom stereocenters. The third kappa shape index (κ3) is 2.49. The van der Waals surface area contributed by atoms with Crippen molar-refractivity contribution in [3.63, 3.8) is 0 Å². The molecule has 0 aliphatic heterocycles. The molecule has 0 aliphatic carbocycles. The van der Waals surface area contributed by atoms with Crippen molar-refractivity contribution in [1.29, 1.82) is 0 Å². The van der Waals surface area contributed by atoms with Gasteiger partial charge in [0.05, 0.1) is 23.8 Å². The summed E-state index contributed by atoms with van der Waals surface area (Å²) >= 11 is 5.94. The number of alkyl halides is 1. The number of benzene rings is 2. The zero-order valence-electron chi connectivity index (χ0n) is 12.1. The van der Waals surface area contributed by atoms with E-state index < -0.39 is 0 Å². The maximum absolute atomic E-state index is 5.94. The molecule has 2 aromatic carbocycles. The van der Waals surface area contributed by atoms with E-state index in [9.17, 15) is 0 Å². The SMILES string of the molecule is COc1ccccc1-n1c(CCCl)nc2cc(C)ccc21. The van der Waals surface area contributed by atoms with Crippen LogP contribution >= 0.6 is 11.6 Å². The van der Waals surface area contributed by atoms with E-state index >= 15 is 0 Å². The van der Waals surface area contributed by atoms with Crippen molar-refractivity contribution in [2.45, 2.75) is 13.3 Å². The molecular formula is C17H17ClN2O. The van der Waals surface area contributed by atoms with Crippen LogP contribution in [0.2, 0.25) is 0 Å². The molecule has 3 nitrogen and oxygen atoms in total. The smallest absolute Gasteiger partial charge is 0.142 e. The molecule has 0 radical (unpaired) electrons. The minimum Gasteiger partial charge on any atom is -0.495 e. The molecule has 21 heavy (non-hydrogen) atoms. The molecule has 0 amide bonds. The van der Waals surface area contributed by atoms with Gasteiger partial charge >= 0.3 is 0 Å². The minimum absolute atomic E-state index is 0.539. The fourth-order valence-electron chi connectivity index (χ4n) is 2.58. The van der Waals surface area contributed by atoms with Gasteiger partial charge in [-0.25, -0.2) is 4.98 Å². The quantitative estimate of drug-likeness (QED) is 0.678. The van der Waals surface area contributed by atoms with Crippen LogP contribution in [0.5, 0.6) is 5.75 Å². The second-order valence-electron chi connectivity index (χ2n) is 4.97. The Bertz CT molecular complexity index is 780. The lowest BCUT2D eigenvalue weighted by Gasteiger charge is -2.12. The highest BCUT2D eigenvalue weighted by atomic mass is 35.5. The largest absolute Gasteiger partial charge is 0.495 e. The maximum Gasteiger partial charge on any atom is 0.142 e. The zero-order chi connectivity index (χ0) is 14.8. The summed E-state index contributed by atoms with van der Waals surface area (Å²) < 4.78 is 7.63. The van der Waals surface area contributed by atoms with Crippen LogP contribution in [0.25, 0.3) is 16.7 Å². The normalized spacial score (nSPS) is 11.0. The van der Waals surface area contributed by atoms with Crippen molar-refractivity contribution >= 4 is 22.6 Å². The van der Waals surface area contributed by atoms with Crippen molar-refractivity contribution < 1.29 is 4.74 Å². The number of hydrogen-bond donors (Lipinski definition) is 0. The molecule has 0 saturated carbocycles. The summed E-state index contributed by atoms with van der Waals surface area (Å²) in [4.78, 5) is 4.74. The molecule has 3 rings (SSSR count). The lowest BCUT2D eigenvalue weighted by Crippen LogP contribution is -2.04. The highest BCUT2D eigenvalue weighted by molar-refractivity contribution is 6.17.